The highest BCUT2D eigenvalue weighted by molar-refractivity contribution is 5.50. The molecule has 2 nitrogen and oxygen atoms in total. The van der Waals surface area contributed by atoms with Gasteiger partial charge in [0.15, 0.2) is 0 Å². The third kappa shape index (κ3) is 1.81. The Balaban J connectivity index is 2.06. The van der Waals surface area contributed by atoms with Gasteiger partial charge in [0, 0.05) is 18.3 Å². The quantitative estimate of drug-likeness (QED) is 0.651. The molecule has 102 valence electrons. The Morgan fingerprint density at radius 1 is 1.53 bits per heavy atom. The Kier molecular flexibility index (Phi) is 2.94. The zero-order chi connectivity index (χ0) is 13.6. The van der Waals surface area contributed by atoms with Crippen molar-refractivity contribution in [3.05, 3.63) is 42.0 Å². The molecular formula is C17H24N2. The molecule has 1 fully saturated rings. The van der Waals surface area contributed by atoms with Gasteiger partial charge in [0.05, 0.1) is 0 Å². The van der Waals surface area contributed by atoms with E-state index in [1.54, 1.807) is 0 Å². The maximum Gasteiger partial charge on any atom is 0.0317 e. The lowest BCUT2D eigenvalue weighted by atomic mass is 9.59. The molecule has 0 aromatic heterocycles. The molecule has 0 saturated carbocycles. The Bertz CT molecular complexity index is 508. The summed E-state index contributed by atoms with van der Waals surface area (Å²) < 4.78 is 0. The van der Waals surface area contributed by atoms with E-state index in [0.29, 0.717) is 12.0 Å². The molecule has 2 N–H and O–H groups in total. The van der Waals surface area contributed by atoms with Crippen LogP contribution in [0.1, 0.15) is 31.4 Å². The van der Waals surface area contributed by atoms with E-state index in [4.69, 9.17) is 5.73 Å². The largest absolute Gasteiger partial charge is 0.399 e. The number of nitrogens with two attached hydrogens (primary N) is 1. The number of nitrogens with zero attached hydrogens (tertiary/aromatic N) is 1. The molecule has 0 amide bonds. The second-order valence-electron chi connectivity index (χ2n) is 6.43. The zero-order valence-corrected chi connectivity index (χ0v) is 12.0. The average Bonchev–Trinajstić information content (AvgIpc) is 2.38. The second kappa shape index (κ2) is 4.38. The molecule has 0 radical (unpaired) electrons. The minimum absolute atomic E-state index is 0.283. The van der Waals surface area contributed by atoms with Gasteiger partial charge in [0.2, 0.25) is 0 Å². The van der Waals surface area contributed by atoms with E-state index in [1.165, 1.54) is 24.1 Å². The Morgan fingerprint density at radius 3 is 3.05 bits per heavy atom. The summed E-state index contributed by atoms with van der Waals surface area (Å²) in [7, 11) is 0. The lowest BCUT2D eigenvalue weighted by Crippen LogP contribution is -2.57. The first-order valence-electron chi connectivity index (χ1n) is 7.30. The lowest BCUT2D eigenvalue weighted by Gasteiger charge is -2.54. The Hall–Kier alpha value is -1.28. The third-order valence-corrected chi connectivity index (χ3v) is 5.51. The summed E-state index contributed by atoms with van der Waals surface area (Å²) in [6, 6.07) is 7.14. The number of hydrogen-bond donors (Lipinski definition) is 1. The first kappa shape index (κ1) is 12.7. The van der Waals surface area contributed by atoms with E-state index in [0.717, 1.165) is 18.7 Å². The van der Waals surface area contributed by atoms with Crippen molar-refractivity contribution in [2.45, 2.75) is 38.1 Å². The molecule has 2 heteroatoms. The minimum atomic E-state index is 0.283. The van der Waals surface area contributed by atoms with Gasteiger partial charge in [-0.25, -0.2) is 0 Å². The molecule has 2 aliphatic rings. The zero-order valence-electron chi connectivity index (χ0n) is 12.0. The second-order valence-corrected chi connectivity index (χ2v) is 6.43. The van der Waals surface area contributed by atoms with Gasteiger partial charge in [-0.05, 0) is 54.0 Å². The molecule has 1 unspecified atom stereocenters. The van der Waals surface area contributed by atoms with Crippen molar-refractivity contribution in [1.82, 2.24) is 4.90 Å². The van der Waals surface area contributed by atoms with Crippen LogP contribution in [0, 0.1) is 5.92 Å². The van der Waals surface area contributed by atoms with E-state index < -0.39 is 0 Å². The molecule has 3 rings (SSSR count). The van der Waals surface area contributed by atoms with Crippen LogP contribution in [0.15, 0.2) is 30.9 Å². The minimum Gasteiger partial charge on any atom is -0.399 e. The van der Waals surface area contributed by atoms with Crippen LogP contribution in [-0.2, 0) is 11.8 Å². The van der Waals surface area contributed by atoms with Crippen LogP contribution < -0.4 is 5.73 Å². The van der Waals surface area contributed by atoms with E-state index in [9.17, 15) is 0 Å². The number of anilines is 1. The number of fused-ring (bicyclic) bond motifs is 4. The number of nitrogen functional groups attached to an aromatic ring is 1. The molecule has 1 aromatic carbocycles. The van der Waals surface area contributed by atoms with Gasteiger partial charge in [-0.15, -0.1) is 6.58 Å². The lowest BCUT2D eigenvalue weighted by molar-refractivity contribution is 0.0400. The first-order chi connectivity index (χ1) is 9.06. The molecule has 0 spiro atoms. The highest BCUT2D eigenvalue weighted by Crippen LogP contribution is 2.48. The van der Waals surface area contributed by atoms with Crippen molar-refractivity contribution in [2.75, 3.05) is 18.8 Å². The molecular weight excluding hydrogens is 232 g/mol. The van der Waals surface area contributed by atoms with Gasteiger partial charge in [0.1, 0.15) is 0 Å². The first-order valence-corrected chi connectivity index (χ1v) is 7.30. The van der Waals surface area contributed by atoms with Crippen LogP contribution in [0.25, 0.3) is 0 Å². The summed E-state index contributed by atoms with van der Waals surface area (Å²) in [5.74, 6) is 0.676. The van der Waals surface area contributed by atoms with E-state index in [1.807, 2.05) is 12.1 Å². The molecule has 1 saturated heterocycles. The summed E-state index contributed by atoms with van der Waals surface area (Å²) in [4.78, 5) is 2.60. The molecule has 1 heterocycles. The van der Waals surface area contributed by atoms with Crippen molar-refractivity contribution in [2.24, 2.45) is 5.92 Å². The van der Waals surface area contributed by atoms with Crippen LogP contribution in [0.4, 0.5) is 5.69 Å². The van der Waals surface area contributed by atoms with Crippen molar-refractivity contribution >= 4 is 5.69 Å². The predicted molar refractivity (Wildman–Crippen MR) is 81.2 cm³/mol. The number of likely N-dealkylation sites (tertiary alicyclic amines) is 1. The molecule has 1 aliphatic carbocycles. The SMILES string of the molecule is C=CCN1CC[C@]2(C)c3cc(N)ccc3CC1[C@@H]2C. The maximum atomic E-state index is 6.01. The molecule has 2 bridgehead atoms. The monoisotopic (exact) mass is 256 g/mol. The normalized spacial score (nSPS) is 33.8. The smallest absolute Gasteiger partial charge is 0.0317 e. The van der Waals surface area contributed by atoms with Crippen LogP contribution in [0.5, 0.6) is 0 Å². The Labute approximate surface area is 116 Å². The van der Waals surface area contributed by atoms with Gasteiger partial charge in [-0.1, -0.05) is 26.0 Å². The van der Waals surface area contributed by atoms with Gasteiger partial charge < -0.3 is 5.73 Å². The highest BCUT2D eigenvalue weighted by atomic mass is 15.2. The maximum absolute atomic E-state index is 6.01. The highest BCUT2D eigenvalue weighted by Gasteiger charge is 2.47. The predicted octanol–water partition coefficient (Wildman–Crippen LogP) is 2.98. The van der Waals surface area contributed by atoms with Crippen molar-refractivity contribution in [1.29, 1.82) is 0 Å². The number of rotatable bonds is 2. The fourth-order valence-electron chi connectivity index (χ4n) is 4.12. The Morgan fingerprint density at radius 2 is 2.32 bits per heavy atom. The fraction of sp³-hybridized carbons (Fsp3) is 0.529. The van der Waals surface area contributed by atoms with Gasteiger partial charge in [-0.2, -0.15) is 0 Å². The summed E-state index contributed by atoms with van der Waals surface area (Å²) in [5, 5.41) is 0. The number of piperidine rings is 1. The molecule has 1 aromatic rings. The van der Waals surface area contributed by atoms with Crippen LogP contribution >= 0.6 is 0 Å². The van der Waals surface area contributed by atoms with E-state index >= 15 is 0 Å². The number of hydrogen-bond acceptors (Lipinski definition) is 2. The van der Waals surface area contributed by atoms with Crippen LogP contribution in [-0.4, -0.2) is 24.0 Å². The molecule has 19 heavy (non-hydrogen) atoms. The molecule has 1 aliphatic heterocycles. The summed E-state index contributed by atoms with van der Waals surface area (Å²) in [6.45, 7) is 10.9. The average molecular weight is 256 g/mol. The summed E-state index contributed by atoms with van der Waals surface area (Å²) in [5.41, 5.74) is 10.2. The van der Waals surface area contributed by atoms with Crippen molar-refractivity contribution < 1.29 is 0 Å². The van der Waals surface area contributed by atoms with Crippen LogP contribution in [0.3, 0.4) is 0 Å². The summed E-state index contributed by atoms with van der Waals surface area (Å²) >= 11 is 0. The van der Waals surface area contributed by atoms with Gasteiger partial charge in [0.25, 0.3) is 0 Å². The van der Waals surface area contributed by atoms with Crippen LogP contribution in [0.2, 0.25) is 0 Å². The van der Waals surface area contributed by atoms with E-state index in [2.05, 4.69) is 37.5 Å². The topological polar surface area (TPSA) is 29.3 Å². The van der Waals surface area contributed by atoms with Gasteiger partial charge >= 0.3 is 0 Å². The number of benzene rings is 1. The van der Waals surface area contributed by atoms with E-state index in [-0.39, 0.29) is 5.41 Å². The van der Waals surface area contributed by atoms with Crippen molar-refractivity contribution in [3.8, 4) is 0 Å². The fourth-order valence-corrected chi connectivity index (χ4v) is 4.12. The summed E-state index contributed by atoms with van der Waals surface area (Å²) in [6.07, 6.45) is 4.41. The standard InChI is InChI=1S/C17H24N2/c1-4-8-19-9-7-17(3)12(2)16(19)10-13-5-6-14(18)11-15(13)17/h4-6,11-12,16H,1,7-10,18H2,2-3H3/t12-,16?,17-/m0/s1. The van der Waals surface area contributed by atoms with Gasteiger partial charge in [-0.3, -0.25) is 4.90 Å². The molecule has 3 atom stereocenters. The van der Waals surface area contributed by atoms with Crippen molar-refractivity contribution in [3.63, 3.8) is 0 Å². The third-order valence-electron chi connectivity index (χ3n) is 5.51.